The quantitative estimate of drug-likeness (QED) is 0.774. The number of anilines is 1. The van der Waals surface area contributed by atoms with Crippen LogP contribution in [-0.2, 0) is 13.6 Å². The Bertz CT molecular complexity index is 821. The third-order valence-electron chi connectivity index (χ3n) is 3.80. The van der Waals surface area contributed by atoms with E-state index in [1.165, 1.54) is 0 Å². The fraction of sp³-hybridized carbons (Fsp3) is 0.316. The third-order valence-corrected chi connectivity index (χ3v) is 3.80. The molecule has 0 aliphatic heterocycles. The second-order valence-electron chi connectivity index (χ2n) is 6.30. The molecule has 0 saturated heterocycles. The van der Waals surface area contributed by atoms with Gasteiger partial charge in [0.1, 0.15) is 11.6 Å². The van der Waals surface area contributed by atoms with Crippen LogP contribution < -0.4 is 5.32 Å². The van der Waals surface area contributed by atoms with E-state index in [0.717, 1.165) is 34.2 Å². The van der Waals surface area contributed by atoms with Gasteiger partial charge in [0, 0.05) is 48.6 Å². The summed E-state index contributed by atoms with van der Waals surface area (Å²) >= 11 is 0. The molecule has 124 valence electrons. The Hall–Kier alpha value is -2.69. The topological polar surface area (TPSA) is 55.6 Å². The van der Waals surface area contributed by atoms with Gasteiger partial charge in [-0.05, 0) is 6.92 Å². The number of aryl methyl sites for hydroxylation is 2. The first-order valence-corrected chi connectivity index (χ1v) is 8.20. The zero-order valence-electron chi connectivity index (χ0n) is 14.6. The smallest absolute Gasteiger partial charge is 0.133 e. The lowest BCUT2D eigenvalue weighted by molar-refractivity contribution is 0.766. The maximum atomic E-state index is 4.61. The van der Waals surface area contributed by atoms with E-state index >= 15 is 0 Å². The van der Waals surface area contributed by atoms with Crippen LogP contribution in [0, 0.1) is 6.92 Å². The first-order chi connectivity index (χ1) is 11.5. The maximum absolute atomic E-state index is 4.61. The summed E-state index contributed by atoms with van der Waals surface area (Å²) in [4.78, 5) is 9.10. The van der Waals surface area contributed by atoms with Crippen molar-refractivity contribution in [2.75, 3.05) is 5.32 Å². The van der Waals surface area contributed by atoms with Crippen molar-refractivity contribution in [3.05, 3.63) is 59.7 Å². The molecule has 0 saturated carbocycles. The second kappa shape index (κ2) is 6.83. The fourth-order valence-corrected chi connectivity index (χ4v) is 2.63. The highest BCUT2D eigenvalue weighted by Gasteiger charge is 2.11. The summed E-state index contributed by atoms with van der Waals surface area (Å²) in [5, 5.41) is 8.02. The molecule has 0 fully saturated rings. The standard InChI is InChI=1S/C19H23N5/c1-13(2)19-21-14(3)10-17(22-19)20-11-16-12-24(4)23-18(16)15-8-6-5-7-9-15/h5-10,12-13H,11H2,1-4H3,(H,20,21,22). The predicted octanol–water partition coefficient (Wildman–Crippen LogP) is 3.92. The van der Waals surface area contributed by atoms with Crippen LogP contribution in [0.2, 0.25) is 0 Å². The number of hydrogen-bond donors (Lipinski definition) is 1. The SMILES string of the molecule is Cc1cc(NCc2cn(C)nc2-c2ccccc2)nc(C(C)C)n1. The van der Waals surface area contributed by atoms with Crippen molar-refractivity contribution in [3.63, 3.8) is 0 Å². The normalized spacial score (nSPS) is 11.0. The fourth-order valence-electron chi connectivity index (χ4n) is 2.63. The van der Waals surface area contributed by atoms with Crippen LogP contribution in [0.4, 0.5) is 5.82 Å². The molecule has 0 aliphatic rings. The summed E-state index contributed by atoms with van der Waals surface area (Å²) in [5.41, 5.74) is 4.24. The molecule has 5 nitrogen and oxygen atoms in total. The molecular formula is C19H23N5. The van der Waals surface area contributed by atoms with E-state index in [0.29, 0.717) is 12.5 Å². The van der Waals surface area contributed by atoms with Gasteiger partial charge in [-0.25, -0.2) is 9.97 Å². The highest BCUT2D eigenvalue weighted by molar-refractivity contribution is 5.63. The number of rotatable bonds is 5. The zero-order valence-corrected chi connectivity index (χ0v) is 14.6. The highest BCUT2D eigenvalue weighted by atomic mass is 15.3. The minimum Gasteiger partial charge on any atom is -0.366 e. The lowest BCUT2D eigenvalue weighted by atomic mass is 10.1. The molecular weight excluding hydrogens is 298 g/mol. The Morgan fingerprint density at radius 1 is 1.12 bits per heavy atom. The Kier molecular flexibility index (Phi) is 4.60. The van der Waals surface area contributed by atoms with E-state index in [-0.39, 0.29) is 0 Å². The van der Waals surface area contributed by atoms with Crippen LogP contribution in [-0.4, -0.2) is 19.7 Å². The maximum Gasteiger partial charge on any atom is 0.133 e. The van der Waals surface area contributed by atoms with Crippen LogP contribution in [0.5, 0.6) is 0 Å². The lowest BCUT2D eigenvalue weighted by Gasteiger charge is -2.10. The summed E-state index contributed by atoms with van der Waals surface area (Å²) < 4.78 is 1.85. The average molecular weight is 321 g/mol. The molecule has 2 heterocycles. The summed E-state index contributed by atoms with van der Waals surface area (Å²) in [5.74, 6) is 2.03. The average Bonchev–Trinajstić information content (AvgIpc) is 2.94. The Morgan fingerprint density at radius 3 is 2.58 bits per heavy atom. The van der Waals surface area contributed by atoms with Gasteiger partial charge in [0.25, 0.3) is 0 Å². The highest BCUT2D eigenvalue weighted by Crippen LogP contribution is 2.22. The predicted molar refractivity (Wildman–Crippen MR) is 96.8 cm³/mol. The van der Waals surface area contributed by atoms with Gasteiger partial charge in [-0.1, -0.05) is 44.2 Å². The lowest BCUT2D eigenvalue weighted by Crippen LogP contribution is -2.06. The molecule has 24 heavy (non-hydrogen) atoms. The molecule has 5 heteroatoms. The third kappa shape index (κ3) is 3.62. The van der Waals surface area contributed by atoms with Crippen LogP contribution >= 0.6 is 0 Å². The summed E-state index contributed by atoms with van der Waals surface area (Å²) in [6.07, 6.45) is 2.05. The zero-order chi connectivity index (χ0) is 17.1. The Labute approximate surface area is 142 Å². The molecule has 2 aromatic heterocycles. The Morgan fingerprint density at radius 2 is 1.88 bits per heavy atom. The first kappa shape index (κ1) is 16.2. The molecule has 1 N–H and O–H groups in total. The molecule has 0 amide bonds. The van der Waals surface area contributed by atoms with Crippen molar-refractivity contribution in [2.24, 2.45) is 7.05 Å². The molecule has 0 atom stereocenters. The van der Waals surface area contributed by atoms with Crippen molar-refractivity contribution in [1.29, 1.82) is 0 Å². The monoisotopic (exact) mass is 321 g/mol. The van der Waals surface area contributed by atoms with Gasteiger partial charge in [-0.3, -0.25) is 4.68 Å². The minimum atomic E-state index is 0.309. The molecule has 0 radical (unpaired) electrons. The van der Waals surface area contributed by atoms with Crippen LogP contribution in [0.1, 0.15) is 36.8 Å². The molecule has 1 aromatic carbocycles. The van der Waals surface area contributed by atoms with Crippen LogP contribution in [0.15, 0.2) is 42.6 Å². The van der Waals surface area contributed by atoms with E-state index < -0.39 is 0 Å². The van der Waals surface area contributed by atoms with Gasteiger partial charge in [-0.2, -0.15) is 5.10 Å². The summed E-state index contributed by atoms with van der Waals surface area (Å²) in [7, 11) is 1.95. The van der Waals surface area contributed by atoms with Crippen LogP contribution in [0.3, 0.4) is 0 Å². The van der Waals surface area contributed by atoms with Crippen molar-refractivity contribution >= 4 is 5.82 Å². The molecule has 3 aromatic rings. The van der Waals surface area contributed by atoms with Gasteiger partial charge in [0.15, 0.2) is 0 Å². The first-order valence-electron chi connectivity index (χ1n) is 8.20. The van der Waals surface area contributed by atoms with Crippen molar-refractivity contribution in [2.45, 2.75) is 33.2 Å². The van der Waals surface area contributed by atoms with Gasteiger partial charge >= 0.3 is 0 Å². The van der Waals surface area contributed by atoms with Gasteiger partial charge in [-0.15, -0.1) is 0 Å². The van der Waals surface area contributed by atoms with Crippen LogP contribution in [0.25, 0.3) is 11.3 Å². The van der Waals surface area contributed by atoms with Gasteiger partial charge in [0.05, 0.1) is 5.69 Å². The minimum absolute atomic E-state index is 0.309. The van der Waals surface area contributed by atoms with Crippen molar-refractivity contribution < 1.29 is 0 Å². The number of aromatic nitrogens is 4. The molecule has 0 bridgehead atoms. The molecule has 0 unspecified atom stereocenters. The van der Waals surface area contributed by atoms with Crippen molar-refractivity contribution in [3.8, 4) is 11.3 Å². The number of benzene rings is 1. The summed E-state index contributed by atoms with van der Waals surface area (Å²) in [6.45, 7) is 6.88. The van der Waals surface area contributed by atoms with E-state index in [1.807, 2.05) is 49.1 Å². The molecule has 3 rings (SSSR count). The second-order valence-corrected chi connectivity index (χ2v) is 6.30. The Balaban J connectivity index is 1.83. The molecule has 0 aliphatic carbocycles. The van der Waals surface area contributed by atoms with E-state index in [9.17, 15) is 0 Å². The molecule has 0 spiro atoms. The van der Waals surface area contributed by atoms with E-state index in [1.54, 1.807) is 0 Å². The van der Waals surface area contributed by atoms with Gasteiger partial charge in [0.2, 0.25) is 0 Å². The largest absolute Gasteiger partial charge is 0.366 e. The van der Waals surface area contributed by atoms with Gasteiger partial charge < -0.3 is 5.32 Å². The van der Waals surface area contributed by atoms with Crippen molar-refractivity contribution in [1.82, 2.24) is 19.7 Å². The summed E-state index contributed by atoms with van der Waals surface area (Å²) in [6, 6.07) is 12.2. The number of nitrogens with one attached hydrogen (secondary N) is 1. The van der Waals surface area contributed by atoms with E-state index in [4.69, 9.17) is 0 Å². The van der Waals surface area contributed by atoms with E-state index in [2.05, 4.69) is 46.4 Å². The number of nitrogens with zero attached hydrogens (tertiary/aromatic N) is 4. The number of hydrogen-bond acceptors (Lipinski definition) is 4.